The number of hydrogen-bond donors (Lipinski definition) is 14. The Bertz CT molecular complexity index is 2660. The number of anilines is 2. The van der Waals surface area contributed by atoms with Gasteiger partial charge in [-0.25, -0.2) is 14.8 Å². The monoisotopic (exact) mass is 1040 g/mol. The molecule has 6 atom stereocenters. The van der Waals surface area contributed by atoms with Crippen molar-refractivity contribution in [2.75, 3.05) is 23.3 Å². The molecule has 16 N–H and O–H groups in total. The minimum absolute atomic E-state index is 0.0207. The molecule has 0 saturated carbocycles. The summed E-state index contributed by atoms with van der Waals surface area (Å²) in [5, 5.41) is 57.6. The van der Waals surface area contributed by atoms with E-state index in [1.54, 1.807) is 0 Å². The Morgan fingerprint density at radius 1 is 0.685 bits per heavy atom. The third-order valence-electron chi connectivity index (χ3n) is 10.7. The van der Waals surface area contributed by atoms with Crippen LogP contribution in [0.1, 0.15) is 80.3 Å². The first-order valence-corrected chi connectivity index (χ1v) is 22.6. The Morgan fingerprint density at radius 3 is 1.82 bits per heavy atom. The van der Waals surface area contributed by atoms with Crippen LogP contribution in [-0.2, 0) is 54.5 Å². The SMILES string of the molecule is NC(N)=NCCC[C@H](NC(=O)[C@@H](CC(=O)O)CC(=O)CC[C@H](NC(=O)c1ccc(NCc2cnc3nc(N)[nH]c(=O)c3n2)cc1)C(=O)O)C(=O)C[C@@H](CC(=O)O)C(=O)N[C@@H](CC(=O)O)C(=O)C[C@@H](CS)C(=O)O. The van der Waals surface area contributed by atoms with Gasteiger partial charge in [0.1, 0.15) is 11.8 Å². The van der Waals surface area contributed by atoms with Crippen molar-refractivity contribution in [1.29, 1.82) is 0 Å². The second-order valence-corrected chi connectivity index (χ2v) is 16.7. The molecule has 3 rings (SSSR count). The van der Waals surface area contributed by atoms with Crippen LogP contribution in [0.4, 0.5) is 11.6 Å². The van der Waals surface area contributed by atoms with Gasteiger partial charge in [0.2, 0.25) is 17.8 Å². The Morgan fingerprint density at radius 2 is 1.26 bits per heavy atom. The summed E-state index contributed by atoms with van der Waals surface area (Å²) in [5.41, 5.74) is 16.6. The number of carboxylic acids is 5. The molecule has 1 aromatic carbocycles. The van der Waals surface area contributed by atoms with E-state index in [0.29, 0.717) is 11.4 Å². The number of amides is 3. The van der Waals surface area contributed by atoms with Crippen LogP contribution in [0.15, 0.2) is 40.2 Å². The molecule has 0 bridgehead atoms. The lowest BCUT2D eigenvalue weighted by Crippen LogP contribution is -2.48. The summed E-state index contributed by atoms with van der Waals surface area (Å²) in [6.07, 6.45) is -5.64. The van der Waals surface area contributed by atoms with Gasteiger partial charge in [-0.2, -0.15) is 17.6 Å². The number of benzene rings is 1. The number of guanidine groups is 1. The summed E-state index contributed by atoms with van der Waals surface area (Å²) in [7, 11) is 0. The highest BCUT2D eigenvalue weighted by Crippen LogP contribution is 2.20. The number of nitrogens with two attached hydrogens (primary N) is 3. The predicted molar refractivity (Wildman–Crippen MR) is 256 cm³/mol. The van der Waals surface area contributed by atoms with Gasteiger partial charge in [0.25, 0.3) is 11.5 Å². The number of rotatable bonds is 33. The molecule has 0 radical (unpaired) electrons. The molecule has 0 aliphatic carbocycles. The van der Waals surface area contributed by atoms with Crippen molar-refractivity contribution < 1.29 is 78.3 Å². The second-order valence-electron chi connectivity index (χ2n) is 16.4. The highest BCUT2D eigenvalue weighted by molar-refractivity contribution is 7.80. The standard InChI is InChI=1S/C43H54N12O17S/c44-42(45)47-9-1-2-26(29(57)11-21(14-32(61)62)38(67)53-28(15-33(63)64)30(58)12-22(18-73)40(69)70)51-37(66)20(13-31(59)60)10-25(56)7-8-27(41(71)72)52-36(65)19-3-5-23(6-4-19)48-16-24-17-49-35-34(50-24)39(68)55-43(46)54-35/h3-6,17,20-22,26-28,48,73H,1-2,7-16,18H2,(H,51,66)(H,52,65)(H,53,67)(H,59,60)(H,61,62)(H,63,64)(H,69,70)(H,71,72)(H4,44,45,47)(H3,46,49,54,55,68)/t20-,21+,22+,26+,27+,28+/m1/s1. The average Bonchev–Trinajstić information content (AvgIpc) is 3.30. The molecule has 30 heteroatoms. The number of ketones is 3. The van der Waals surface area contributed by atoms with Crippen LogP contribution in [-0.4, -0.2) is 147 Å². The van der Waals surface area contributed by atoms with Gasteiger partial charge >= 0.3 is 29.8 Å². The van der Waals surface area contributed by atoms with Gasteiger partial charge in [0.15, 0.2) is 28.7 Å². The topological polar surface area (TPSA) is 499 Å². The molecule has 73 heavy (non-hydrogen) atoms. The smallest absolute Gasteiger partial charge is 0.326 e. The van der Waals surface area contributed by atoms with Crippen LogP contribution in [0.5, 0.6) is 0 Å². The molecule has 3 aromatic rings. The molecular formula is C43H54N12O17S. The summed E-state index contributed by atoms with van der Waals surface area (Å²) < 4.78 is 0. The third-order valence-corrected chi connectivity index (χ3v) is 11.1. The van der Waals surface area contributed by atoms with Crippen LogP contribution < -0.4 is 44.0 Å². The van der Waals surface area contributed by atoms with Crippen molar-refractivity contribution in [1.82, 2.24) is 35.9 Å². The van der Waals surface area contributed by atoms with Gasteiger partial charge in [-0.15, -0.1) is 0 Å². The zero-order valence-corrected chi connectivity index (χ0v) is 39.5. The number of carboxylic acid groups (broad SMARTS) is 5. The van der Waals surface area contributed by atoms with E-state index in [-0.39, 0.29) is 60.3 Å². The van der Waals surface area contributed by atoms with Crippen LogP contribution in [0.3, 0.4) is 0 Å². The minimum Gasteiger partial charge on any atom is -0.481 e. The van der Waals surface area contributed by atoms with Gasteiger partial charge < -0.3 is 64.0 Å². The van der Waals surface area contributed by atoms with Gasteiger partial charge in [-0.1, -0.05) is 0 Å². The average molecular weight is 1040 g/mol. The van der Waals surface area contributed by atoms with Crippen LogP contribution in [0.2, 0.25) is 0 Å². The zero-order valence-electron chi connectivity index (χ0n) is 38.6. The molecule has 0 aliphatic heterocycles. The molecule has 0 fully saturated rings. The van der Waals surface area contributed by atoms with Gasteiger partial charge in [0, 0.05) is 49.2 Å². The Balaban J connectivity index is 1.71. The number of nitrogen functional groups attached to an aromatic ring is 1. The van der Waals surface area contributed by atoms with E-state index < -0.39 is 158 Å². The maximum atomic E-state index is 13.8. The summed E-state index contributed by atoms with van der Waals surface area (Å²) in [6, 6.07) is 0.620. The lowest BCUT2D eigenvalue weighted by molar-refractivity contribution is -0.145. The second kappa shape index (κ2) is 28.3. The highest BCUT2D eigenvalue weighted by atomic mass is 32.1. The number of nitrogens with one attached hydrogen (secondary N) is 5. The number of carbonyl (C=O) groups is 11. The minimum atomic E-state index is -1.85. The molecule has 29 nitrogen and oxygen atoms in total. The van der Waals surface area contributed by atoms with Crippen LogP contribution in [0, 0.1) is 17.8 Å². The van der Waals surface area contributed by atoms with Crippen LogP contribution >= 0.6 is 12.6 Å². The number of fused-ring (bicyclic) bond motifs is 1. The number of aromatic nitrogens is 4. The maximum absolute atomic E-state index is 13.8. The molecule has 0 aliphatic rings. The normalized spacial score (nSPS) is 13.4. The van der Waals surface area contributed by atoms with Crippen molar-refractivity contribution >= 4 is 106 Å². The van der Waals surface area contributed by atoms with Gasteiger partial charge in [-0.05, 0) is 43.5 Å². The lowest BCUT2D eigenvalue weighted by atomic mass is 9.90. The zero-order chi connectivity index (χ0) is 54.5. The number of nitrogens with zero attached hydrogens (tertiary/aromatic N) is 4. The maximum Gasteiger partial charge on any atom is 0.326 e. The van der Waals surface area contributed by atoms with Crippen molar-refractivity contribution in [2.24, 2.45) is 34.2 Å². The molecule has 0 unspecified atom stereocenters. The predicted octanol–water partition coefficient (Wildman–Crippen LogP) is -1.94. The Kier molecular flexibility index (Phi) is 22.8. The Hall–Kier alpha value is -8.57. The number of carbonyl (C=O) groups excluding carboxylic acids is 6. The molecule has 2 heterocycles. The van der Waals surface area contributed by atoms with E-state index in [0.717, 1.165) is 0 Å². The van der Waals surface area contributed by atoms with E-state index in [1.807, 2.05) is 0 Å². The summed E-state index contributed by atoms with van der Waals surface area (Å²) in [5.74, 6) is -19.6. The Labute approximate surface area is 418 Å². The van der Waals surface area contributed by atoms with Crippen molar-refractivity contribution in [3.63, 3.8) is 0 Å². The summed E-state index contributed by atoms with van der Waals surface area (Å²) in [6.45, 7) is -0.0205. The molecule has 0 saturated heterocycles. The van der Waals surface area contributed by atoms with Crippen molar-refractivity contribution in [3.8, 4) is 0 Å². The number of thiol groups is 1. The molecular weight excluding hydrogens is 989 g/mol. The van der Waals surface area contributed by atoms with Gasteiger partial charge in [-0.3, -0.25) is 62.7 Å². The molecule has 2 aromatic heterocycles. The largest absolute Gasteiger partial charge is 0.481 e. The molecule has 3 amide bonds. The number of H-pyrrole nitrogens is 1. The van der Waals surface area contributed by atoms with E-state index in [2.05, 4.69) is 58.8 Å². The van der Waals surface area contributed by atoms with Crippen molar-refractivity contribution in [3.05, 3.63) is 52.1 Å². The van der Waals surface area contributed by atoms with Crippen LogP contribution in [0.25, 0.3) is 11.2 Å². The number of aliphatic carboxylic acids is 5. The fourth-order valence-electron chi connectivity index (χ4n) is 6.92. The summed E-state index contributed by atoms with van der Waals surface area (Å²) in [4.78, 5) is 170. The lowest BCUT2D eigenvalue weighted by Gasteiger charge is -2.24. The number of hydrogen-bond acceptors (Lipinski definition) is 19. The number of aromatic amines is 1. The number of aliphatic imine (C=N–C) groups is 1. The number of Topliss-reactive ketones (excluding diaryl/α,β-unsaturated/α-hetero) is 3. The molecule has 0 spiro atoms. The third kappa shape index (κ3) is 20.0. The fourth-order valence-corrected chi connectivity index (χ4v) is 7.21. The first-order valence-electron chi connectivity index (χ1n) is 22.0. The summed E-state index contributed by atoms with van der Waals surface area (Å²) >= 11 is 3.86. The first kappa shape index (κ1) is 58.7. The van der Waals surface area contributed by atoms with E-state index >= 15 is 0 Å². The first-order chi connectivity index (χ1) is 34.4. The fraction of sp³-hybridized carbons (Fsp3) is 0.442. The van der Waals surface area contributed by atoms with Gasteiger partial charge in [0.05, 0.1) is 67.5 Å². The van der Waals surface area contributed by atoms with E-state index in [9.17, 15) is 83.1 Å². The highest BCUT2D eigenvalue weighted by Gasteiger charge is 2.35. The van der Waals surface area contributed by atoms with Crippen molar-refractivity contribution in [2.45, 2.75) is 88.9 Å². The molecule has 394 valence electrons. The van der Waals surface area contributed by atoms with E-state index in [4.69, 9.17) is 17.2 Å². The quantitative estimate of drug-likeness (QED) is 0.0137. The van der Waals surface area contributed by atoms with E-state index in [1.165, 1.54) is 30.5 Å².